The van der Waals surface area contributed by atoms with E-state index in [1.807, 2.05) is 48.7 Å². The molecule has 9 heteroatoms. The maximum absolute atomic E-state index is 13.2. The van der Waals surface area contributed by atoms with Gasteiger partial charge in [0.25, 0.3) is 5.91 Å². The van der Waals surface area contributed by atoms with Crippen molar-refractivity contribution in [3.8, 4) is 0 Å². The molecular weight excluding hydrogens is 396 g/mol. The van der Waals surface area contributed by atoms with Crippen LogP contribution in [0.5, 0.6) is 0 Å². The number of amides is 2. The van der Waals surface area contributed by atoms with Gasteiger partial charge in [-0.1, -0.05) is 0 Å². The van der Waals surface area contributed by atoms with Gasteiger partial charge in [0.05, 0.1) is 6.04 Å². The standard InChI is InChI=1S/C22H32N6O3/c1-22(2,3)31-21(30)26-13-6-17(7-14-26)27-10-4-5-19(27)20(29)25-11-8-18(9-12-25)28-16-23-15-24-28/h4-5,10,15-18H,6-9,11-14H2,1-3H3. The maximum atomic E-state index is 13.2. The molecule has 9 nitrogen and oxygen atoms in total. The first-order valence-electron chi connectivity index (χ1n) is 11.1. The highest BCUT2D eigenvalue weighted by Gasteiger charge is 2.31. The summed E-state index contributed by atoms with van der Waals surface area (Å²) in [5.41, 5.74) is 0.241. The highest BCUT2D eigenvalue weighted by atomic mass is 16.6. The van der Waals surface area contributed by atoms with Crippen molar-refractivity contribution >= 4 is 12.0 Å². The molecule has 31 heavy (non-hydrogen) atoms. The number of hydrogen-bond donors (Lipinski definition) is 0. The third kappa shape index (κ3) is 4.91. The zero-order valence-corrected chi connectivity index (χ0v) is 18.6. The number of rotatable bonds is 3. The Kier molecular flexibility index (Phi) is 6.02. The zero-order chi connectivity index (χ0) is 22.0. The number of ether oxygens (including phenoxy) is 1. The van der Waals surface area contributed by atoms with Crippen LogP contribution in [0.15, 0.2) is 31.0 Å². The van der Waals surface area contributed by atoms with Crippen LogP contribution in [0.4, 0.5) is 4.79 Å². The molecule has 2 aromatic heterocycles. The molecule has 4 rings (SSSR count). The number of nitrogens with zero attached hydrogens (tertiary/aromatic N) is 6. The van der Waals surface area contributed by atoms with E-state index in [4.69, 9.17) is 4.74 Å². The lowest BCUT2D eigenvalue weighted by molar-refractivity contribution is 0.0186. The molecule has 0 radical (unpaired) electrons. The van der Waals surface area contributed by atoms with Crippen LogP contribution < -0.4 is 0 Å². The summed E-state index contributed by atoms with van der Waals surface area (Å²) in [5.74, 6) is 0.0802. The lowest BCUT2D eigenvalue weighted by Gasteiger charge is -2.35. The summed E-state index contributed by atoms with van der Waals surface area (Å²) in [6, 6.07) is 4.36. The van der Waals surface area contributed by atoms with Gasteiger partial charge in [-0.25, -0.2) is 14.5 Å². The molecule has 0 spiro atoms. The van der Waals surface area contributed by atoms with Gasteiger partial charge in [0, 0.05) is 38.4 Å². The number of carbonyl (C=O) groups is 2. The summed E-state index contributed by atoms with van der Waals surface area (Å²) in [5, 5.41) is 4.23. The Balaban J connectivity index is 1.34. The molecule has 2 amide bonds. The van der Waals surface area contributed by atoms with Crippen LogP contribution in [0.2, 0.25) is 0 Å². The Morgan fingerprint density at radius 2 is 1.65 bits per heavy atom. The SMILES string of the molecule is CC(C)(C)OC(=O)N1CCC(n2cccc2C(=O)N2CCC(n3cncn3)CC2)CC1. The van der Waals surface area contributed by atoms with Crippen LogP contribution >= 0.6 is 0 Å². The normalized spacial score (nSPS) is 18.9. The summed E-state index contributed by atoms with van der Waals surface area (Å²) >= 11 is 0. The number of hydrogen-bond acceptors (Lipinski definition) is 5. The Hall–Kier alpha value is -2.84. The quantitative estimate of drug-likeness (QED) is 0.750. The topological polar surface area (TPSA) is 85.5 Å². The van der Waals surface area contributed by atoms with Crippen molar-refractivity contribution in [2.75, 3.05) is 26.2 Å². The number of piperidine rings is 2. The Labute approximate surface area is 183 Å². The van der Waals surface area contributed by atoms with Crippen LogP contribution in [-0.4, -0.2) is 72.9 Å². The van der Waals surface area contributed by atoms with E-state index >= 15 is 0 Å². The van der Waals surface area contributed by atoms with E-state index in [-0.39, 0.29) is 18.0 Å². The van der Waals surface area contributed by atoms with Gasteiger partial charge in [-0.2, -0.15) is 5.10 Å². The molecule has 0 atom stereocenters. The van der Waals surface area contributed by atoms with Crippen LogP contribution in [0.3, 0.4) is 0 Å². The van der Waals surface area contributed by atoms with Crippen molar-refractivity contribution in [3.63, 3.8) is 0 Å². The lowest BCUT2D eigenvalue weighted by atomic mass is 10.0. The Morgan fingerprint density at radius 1 is 1.00 bits per heavy atom. The highest BCUT2D eigenvalue weighted by molar-refractivity contribution is 5.93. The predicted octanol–water partition coefficient (Wildman–Crippen LogP) is 3.13. The fourth-order valence-electron chi connectivity index (χ4n) is 4.45. The van der Waals surface area contributed by atoms with Gasteiger partial charge in [0.15, 0.2) is 0 Å². The lowest BCUT2D eigenvalue weighted by Crippen LogP contribution is -2.43. The molecule has 0 aromatic carbocycles. The molecule has 2 aliphatic rings. The van der Waals surface area contributed by atoms with E-state index in [0.717, 1.165) is 31.4 Å². The van der Waals surface area contributed by atoms with Crippen molar-refractivity contribution in [3.05, 3.63) is 36.7 Å². The van der Waals surface area contributed by atoms with Crippen LogP contribution in [0.25, 0.3) is 0 Å². The number of likely N-dealkylation sites (tertiary alicyclic amines) is 2. The van der Waals surface area contributed by atoms with Gasteiger partial charge in [0.1, 0.15) is 23.9 Å². The van der Waals surface area contributed by atoms with E-state index in [9.17, 15) is 9.59 Å². The van der Waals surface area contributed by atoms with Crippen molar-refractivity contribution in [2.45, 2.75) is 64.1 Å². The molecular formula is C22H32N6O3. The van der Waals surface area contributed by atoms with Crippen molar-refractivity contribution in [1.29, 1.82) is 0 Å². The molecule has 4 heterocycles. The van der Waals surface area contributed by atoms with Crippen LogP contribution in [-0.2, 0) is 4.74 Å². The van der Waals surface area contributed by atoms with Gasteiger partial charge in [-0.3, -0.25) is 4.79 Å². The first-order valence-corrected chi connectivity index (χ1v) is 11.1. The first kappa shape index (κ1) is 21.4. The Morgan fingerprint density at radius 3 is 2.26 bits per heavy atom. The predicted molar refractivity (Wildman–Crippen MR) is 115 cm³/mol. The van der Waals surface area contributed by atoms with E-state index in [2.05, 4.69) is 14.6 Å². The van der Waals surface area contributed by atoms with E-state index in [0.29, 0.717) is 32.2 Å². The van der Waals surface area contributed by atoms with Crippen molar-refractivity contribution in [2.24, 2.45) is 0 Å². The number of carbonyl (C=O) groups excluding carboxylic acids is 2. The molecule has 2 saturated heterocycles. The first-order chi connectivity index (χ1) is 14.8. The second kappa shape index (κ2) is 8.72. The Bertz CT molecular complexity index is 885. The van der Waals surface area contributed by atoms with E-state index < -0.39 is 5.60 Å². The van der Waals surface area contributed by atoms with Gasteiger partial charge < -0.3 is 19.1 Å². The molecule has 0 saturated carbocycles. The fraction of sp³-hybridized carbons (Fsp3) is 0.636. The second-order valence-corrected chi connectivity index (χ2v) is 9.40. The molecule has 0 unspecified atom stereocenters. The van der Waals surface area contributed by atoms with Crippen LogP contribution in [0.1, 0.15) is 69.0 Å². The molecule has 0 aliphatic carbocycles. The van der Waals surface area contributed by atoms with Gasteiger partial charge in [-0.05, 0) is 58.6 Å². The average molecular weight is 429 g/mol. The summed E-state index contributed by atoms with van der Waals surface area (Å²) in [7, 11) is 0. The van der Waals surface area contributed by atoms with Gasteiger partial charge in [-0.15, -0.1) is 0 Å². The maximum Gasteiger partial charge on any atom is 0.410 e. The summed E-state index contributed by atoms with van der Waals surface area (Å²) < 4.78 is 9.48. The van der Waals surface area contributed by atoms with Crippen molar-refractivity contribution in [1.82, 2.24) is 29.1 Å². The third-order valence-corrected chi connectivity index (χ3v) is 6.07. The molecule has 0 bridgehead atoms. The monoisotopic (exact) mass is 428 g/mol. The largest absolute Gasteiger partial charge is 0.444 e. The minimum Gasteiger partial charge on any atom is -0.444 e. The van der Waals surface area contributed by atoms with Gasteiger partial charge >= 0.3 is 6.09 Å². The molecule has 2 aromatic rings. The molecule has 2 fully saturated rings. The van der Waals surface area contributed by atoms with Crippen LogP contribution in [0, 0.1) is 0 Å². The summed E-state index contributed by atoms with van der Waals surface area (Å²) in [4.78, 5) is 33.3. The minimum absolute atomic E-state index is 0.0802. The molecule has 168 valence electrons. The third-order valence-electron chi connectivity index (χ3n) is 6.07. The van der Waals surface area contributed by atoms with Gasteiger partial charge in [0.2, 0.25) is 0 Å². The molecule has 2 aliphatic heterocycles. The minimum atomic E-state index is -0.491. The molecule has 0 N–H and O–H groups in total. The zero-order valence-electron chi connectivity index (χ0n) is 18.6. The fourth-order valence-corrected chi connectivity index (χ4v) is 4.45. The van der Waals surface area contributed by atoms with E-state index in [1.165, 1.54) is 0 Å². The second-order valence-electron chi connectivity index (χ2n) is 9.40. The summed E-state index contributed by atoms with van der Waals surface area (Å²) in [6.45, 7) is 8.33. The smallest absolute Gasteiger partial charge is 0.410 e. The number of aromatic nitrogens is 4. The van der Waals surface area contributed by atoms with E-state index in [1.54, 1.807) is 17.6 Å². The highest BCUT2D eigenvalue weighted by Crippen LogP contribution is 2.28. The summed E-state index contributed by atoms with van der Waals surface area (Å²) in [6.07, 6.45) is 8.41. The average Bonchev–Trinajstić information content (AvgIpc) is 3.44. The van der Waals surface area contributed by atoms with Crippen molar-refractivity contribution < 1.29 is 14.3 Å².